The van der Waals surface area contributed by atoms with Crippen LogP contribution in [0.3, 0.4) is 0 Å². The minimum atomic E-state index is -0.894. The molecule has 0 saturated heterocycles. The van der Waals surface area contributed by atoms with Gasteiger partial charge in [0.1, 0.15) is 0 Å². The molecule has 96 valence electrons. The van der Waals surface area contributed by atoms with Crippen molar-refractivity contribution in [1.82, 2.24) is 0 Å². The highest BCUT2D eigenvalue weighted by Gasteiger charge is 2.36. The molecule has 4 heteroatoms. The molecule has 0 radical (unpaired) electrons. The standard InChI is InChI=1S/C14H16ClNO2/c15-12-3-1-2-11(14(17)18)13(12)16(10-6-7-10)8-9-4-5-9/h1-3,9-10H,4-8H2,(H,17,18). The Labute approximate surface area is 111 Å². The third-order valence-electron chi connectivity index (χ3n) is 3.64. The number of anilines is 1. The van der Waals surface area contributed by atoms with Crippen molar-refractivity contribution in [2.45, 2.75) is 31.7 Å². The van der Waals surface area contributed by atoms with Gasteiger partial charge >= 0.3 is 5.97 Å². The first-order valence-corrected chi connectivity index (χ1v) is 6.83. The van der Waals surface area contributed by atoms with Crippen LogP contribution < -0.4 is 4.90 Å². The first kappa shape index (κ1) is 11.8. The Balaban J connectivity index is 1.98. The monoisotopic (exact) mass is 265 g/mol. The van der Waals surface area contributed by atoms with Gasteiger partial charge in [-0.3, -0.25) is 0 Å². The van der Waals surface area contributed by atoms with Crippen LogP contribution in [-0.2, 0) is 0 Å². The number of hydrogen-bond donors (Lipinski definition) is 1. The number of nitrogens with zero attached hydrogens (tertiary/aromatic N) is 1. The average Bonchev–Trinajstić information content (AvgIpc) is 3.19. The Morgan fingerprint density at radius 2 is 2.06 bits per heavy atom. The van der Waals surface area contributed by atoms with E-state index in [1.165, 1.54) is 12.8 Å². The summed E-state index contributed by atoms with van der Waals surface area (Å²) in [6.45, 7) is 0.953. The molecular weight excluding hydrogens is 250 g/mol. The van der Waals surface area contributed by atoms with E-state index in [2.05, 4.69) is 4.90 Å². The lowest BCUT2D eigenvalue weighted by molar-refractivity contribution is 0.0697. The highest BCUT2D eigenvalue weighted by Crippen LogP contribution is 2.41. The van der Waals surface area contributed by atoms with E-state index in [4.69, 9.17) is 11.6 Å². The van der Waals surface area contributed by atoms with Crippen LogP contribution in [0.2, 0.25) is 5.02 Å². The molecule has 0 aromatic heterocycles. The summed E-state index contributed by atoms with van der Waals surface area (Å²) in [6.07, 6.45) is 4.82. The maximum absolute atomic E-state index is 11.3. The van der Waals surface area contributed by atoms with Gasteiger partial charge < -0.3 is 10.0 Å². The smallest absolute Gasteiger partial charge is 0.337 e. The quantitative estimate of drug-likeness (QED) is 0.887. The first-order valence-electron chi connectivity index (χ1n) is 6.45. The van der Waals surface area contributed by atoms with Gasteiger partial charge in [0.2, 0.25) is 0 Å². The lowest BCUT2D eigenvalue weighted by Crippen LogP contribution is -2.30. The van der Waals surface area contributed by atoms with Gasteiger partial charge in [-0.15, -0.1) is 0 Å². The minimum absolute atomic E-state index is 0.329. The molecular formula is C14H16ClNO2. The molecule has 18 heavy (non-hydrogen) atoms. The molecule has 1 N–H and O–H groups in total. The molecule has 1 aromatic carbocycles. The molecule has 0 aliphatic heterocycles. The summed E-state index contributed by atoms with van der Waals surface area (Å²) in [6, 6.07) is 5.62. The minimum Gasteiger partial charge on any atom is -0.478 e. The molecule has 0 bridgehead atoms. The highest BCUT2D eigenvalue weighted by molar-refractivity contribution is 6.34. The molecule has 0 unspecified atom stereocenters. The van der Waals surface area contributed by atoms with E-state index in [0.29, 0.717) is 16.6 Å². The molecule has 2 saturated carbocycles. The average molecular weight is 266 g/mol. The second kappa shape index (κ2) is 4.47. The van der Waals surface area contributed by atoms with Gasteiger partial charge in [0, 0.05) is 12.6 Å². The van der Waals surface area contributed by atoms with Crippen molar-refractivity contribution in [3.63, 3.8) is 0 Å². The van der Waals surface area contributed by atoms with Gasteiger partial charge in [0.25, 0.3) is 0 Å². The fourth-order valence-corrected chi connectivity index (χ4v) is 2.65. The number of hydrogen-bond acceptors (Lipinski definition) is 2. The Morgan fingerprint density at radius 3 is 2.61 bits per heavy atom. The number of aromatic carboxylic acids is 1. The van der Waals surface area contributed by atoms with E-state index < -0.39 is 5.97 Å². The fourth-order valence-electron chi connectivity index (χ4n) is 2.37. The van der Waals surface area contributed by atoms with Gasteiger partial charge in [-0.25, -0.2) is 4.79 Å². The molecule has 3 rings (SSSR count). The summed E-state index contributed by atoms with van der Waals surface area (Å²) < 4.78 is 0. The number of carboxylic acid groups (broad SMARTS) is 1. The Bertz CT molecular complexity index is 481. The van der Waals surface area contributed by atoms with Gasteiger partial charge in [-0.2, -0.15) is 0 Å². The largest absolute Gasteiger partial charge is 0.478 e. The van der Waals surface area contributed by atoms with Gasteiger partial charge in [-0.05, 0) is 43.7 Å². The number of para-hydroxylation sites is 1. The summed E-state index contributed by atoms with van der Waals surface area (Å²) in [5, 5.41) is 9.86. The van der Waals surface area contributed by atoms with Crippen molar-refractivity contribution >= 4 is 23.3 Å². The number of halogens is 1. The summed E-state index contributed by atoms with van der Waals surface area (Å²) >= 11 is 6.24. The van der Waals surface area contributed by atoms with Gasteiger partial charge in [0.15, 0.2) is 0 Å². The predicted molar refractivity (Wildman–Crippen MR) is 71.5 cm³/mol. The van der Waals surface area contributed by atoms with Crippen molar-refractivity contribution in [1.29, 1.82) is 0 Å². The van der Waals surface area contributed by atoms with Crippen molar-refractivity contribution in [2.75, 3.05) is 11.4 Å². The number of carbonyl (C=O) groups is 1. The van der Waals surface area contributed by atoms with Crippen LogP contribution in [0.25, 0.3) is 0 Å². The molecule has 0 amide bonds. The van der Waals surface area contributed by atoms with Crippen LogP contribution in [-0.4, -0.2) is 23.7 Å². The summed E-state index contributed by atoms with van der Waals surface area (Å²) in [4.78, 5) is 13.6. The summed E-state index contributed by atoms with van der Waals surface area (Å²) in [5.41, 5.74) is 1.05. The lowest BCUT2D eigenvalue weighted by Gasteiger charge is -2.27. The van der Waals surface area contributed by atoms with Crippen LogP contribution in [0.5, 0.6) is 0 Å². The molecule has 0 atom stereocenters. The van der Waals surface area contributed by atoms with Crippen molar-refractivity contribution in [3.05, 3.63) is 28.8 Å². The fraction of sp³-hybridized carbons (Fsp3) is 0.500. The van der Waals surface area contributed by atoms with Crippen LogP contribution in [0, 0.1) is 5.92 Å². The second-order valence-corrected chi connectivity index (χ2v) is 5.68. The maximum atomic E-state index is 11.3. The van der Waals surface area contributed by atoms with Gasteiger partial charge in [-0.1, -0.05) is 17.7 Å². The third-order valence-corrected chi connectivity index (χ3v) is 3.95. The van der Waals surface area contributed by atoms with Crippen LogP contribution in [0.4, 0.5) is 5.69 Å². The zero-order valence-electron chi connectivity index (χ0n) is 10.1. The highest BCUT2D eigenvalue weighted by atomic mass is 35.5. The topological polar surface area (TPSA) is 40.5 Å². The number of rotatable bonds is 5. The Hall–Kier alpha value is -1.22. The zero-order chi connectivity index (χ0) is 12.7. The third kappa shape index (κ3) is 2.32. The van der Waals surface area contributed by atoms with Crippen LogP contribution in [0.1, 0.15) is 36.0 Å². The van der Waals surface area contributed by atoms with Crippen molar-refractivity contribution < 1.29 is 9.90 Å². The SMILES string of the molecule is O=C(O)c1cccc(Cl)c1N(CC1CC1)C1CC1. The maximum Gasteiger partial charge on any atom is 0.337 e. The summed E-state index contributed by atoms with van der Waals surface area (Å²) in [7, 11) is 0. The molecule has 1 aromatic rings. The number of benzene rings is 1. The molecule has 0 spiro atoms. The number of carboxylic acids is 1. The lowest BCUT2D eigenvalue weighted by atomic mass is 10.1. The van der Waals surface area contributed by atoms with E-state index in [9.17, 15) is 9.90 Å². The molecule has 0 heterocycles. The van der Waals surface area contributed by atoms with E-state index in [0.717, 1.165) is 31.0 Å². The van der Waals surface area contributed by atoms with Crippen LogP contribution >= 0.6 is 11.6 Å². The summed E-state index contributed by atoms with van der Waals surface area (Å²) in [5.74, 6) is -0.169. The van der Waals surface area contributed by atoms with Crippen molar-refractivity contribution in [3.8, 4) is 0 Å². The zero-order valence-corrected chi connectivity index (χ0v) is 10.9. The Morgan fingerprint density at radius 1 is 1.33 bits per heavy atom. The van der Waals surface area contributed by atoms with E-state index >= 15 is 0 Å². The normalized spacial score (nSPS) is 18.7. The van der Waals surface area contributed by atoms with Gasteiger partial charge in [0.05, 0.1) is 16.3 Å². The molecule has 3 nitrogen and oxygen atoms in total. The van der Waals surface area contributed by atoms with E-state index in [1.54, 1.807) is 18.2 Å². The van der Waals surface area contributed by atoms with E-state index in [-0.39, 0.29) is 0 Å². The first-order chi connectivity index (χ1) is 8.66. The molecule has 2 aliphatic carbocycles. The van der Waals surface area contributed by atoms with E-state index in [1.807, 2.05) is 0 Å². The Kier molecular flexibility index (Phi) is 2.94. The van der Waals surface area contributed by atoms with Crippen molar-refractivity contribution in [2.24, 2.45) is 5.92 Å². The van der Waals surface area contributed by atoms with Crippen LogP contribution in [0.15, 0.2) is 18.2 Å². The second-order valence-electron chi connectivity index (χ2n) is 5.27. The predicted octanol–water partition coefficient (Wildman–Crippen LogP) is 3.42. The molecule has 2 fully saturated rings. The molecule has 2 aliphatic rings.